The summed E-state index contributed by atoms with van der Waals surface area (Å²) in [5.74, 6) is -0.0255. The highest BCUT2D eigenvalue weighted by Gasteiger charge is 2.12. The average Bonchev–Trinajstić information content (AvgIpc) is 2.99. The zero-order chi connectivity index (χ0) is 14.4. The average molecular weight is 272 g/mol. The fraction of sp³-hybridized carbons (Fsp3) is 0.333. The number of H-pyrrole nitrogens is 1. The molecular formula is C15H20N4O. The highest BCUT2D eigenvalue weighted by atomic mass is 16.1. The summed E-state index contributed by atoms with van der Waals surface area (Å²) < 4.78 is 0. The summed E-state index contributed by atoms with van der Waals surface area (Å²) in [6.07, 6.45) is 1.72. The van der Waals surface area contributed by atoms with Crippen molar-refractivity contribution in [3.8, 4) is 11.3 Å². The Hall–Kier alpha value is -2.14. The van der Waals surface area contributed by atoms with Crippen LogP contribution in [0.25, 0.3) is 11.3 Å². The molecule has 0 aliphatic carbocycles. The minimum Gasteiger partial charge on any atom is -0.326 e. The maximum absolute atomic E-state index is 12.0. The van der Waals surface area contributed by atoms with Crippen molar-refractivity contribution < 1.29 is 4.79 Å². The first kappa shape index (κ1) is 14.3. The quantitative estimate of drug-likeness (QED) is 0.755. The van der Waals surface area contributed by atoms with E-state index in [-0.39, 0.29) is 11.8 Å². The van der Waals surface area contributed by atoms with Gasteiger partial charge in [0.15, 0.2) is 0 Å². The van der Waals surface area contributed by atoms with Gasteiger partial charge in [0.25, 0.3) is 0 Å². The molecule has 3 N–H and O–H groups in total. The Bertz CT molecular complexity index is 534. The zero-order valence-electron chi connectivity index (χ0n) is 11.8. The molecule has 1 aromatic carbocycles. The number of benzene rings is 1. The molecule has 0 fully saturated rings. The summed E-state index contributed by atoms with van der Waals surface area (Å²) >= 11 is 0. The van der Waals surface area contributed by atoms with E-state index in [4.69, 9.17) is 0 Å². The van der Waals surface area contributed by atoms with Crippen LogP contribution >= 0.6 is 0 Å². The highest BCUT2D eigenvalue weighted by Crippen LogP contribution is 2.19. The Morgan fingerprint density at radius 3 is 2.65 bits per heavy atom. The van der Waals surface area contributed by atoms with Crippen LogP contribution in [0.3, 0.4) is 0 Å². The van der Waals surface area contributed by atoms with Gasteiger partial charge in [-0.25, -0.2) is 0 Å². The van der Waals surface area contributed by atoms with Crippen molar-refractivity contribution in [2.24, 2.45) is 5.92 Å². The molecule has 1 atom stereocenters. The molecule has 0 bridgehead atoms. The van der Waals surface area contributed by atoms with Gasteiger partial charge in [-0.3, -0.25) is 9.89 Å². The molecule has 1 amide bonds. The van der Waals surface area contributed by atoms with E-state index in [1.165, 1.54) is 0 Å². The first-order valence-corrected chi connectivity index (χ1v) is 6.82. The van der Waals surface area contributed by atoms with Crippen molar-refractivity contribution in [3.05, 3.63) is 36.5 Å². The molecule has 0 saturated carbocycles. The van der Waals surface area contributed by atoms with E-state index in [0.29, 0.717) is 6.54 Å². The number of nitrogens with one attached hydrogen (secondary N) is 3. The maximum atomic E-state index is 12.0. The molecule has 2 rings (SSSR count). The summed E-state index contributed by atoms with van der Waals surface area (Å²) in [5.41, 5.74) is 2.81. The van der Waals surface area contributed by atoms with Crippen LogP contribution in [-0.4, -0.2) is 29.2 Å². The summed E-state index contributed by atoms with van der Waals surface area (Å²) in [5, 5.41) is 12.9. The molecule has 20 heavy (non-hydrogen) atoms. The van der Waals surface area contributed by atoms with Crippen LogP contribution in [0.1, 0.15) is 13.8 Å². The molecule has 1 unspecified atom stereocenters. The van der Waals surface area contributed by atoms with Crippen molar-refractivity contribution >= 4 is 11.6 Å². The van der Waals surface area contributed by atoms with Crippen LogP contribution in [0.2, 0.25) is 0 Å². The number of hydrogen-bond acceptors (Lipinski definition) is 3. The normalized spacial score (nSPS) is 12.1. The number of carbonyl (C=O) groups excluding carboxylic acids is 1. The lowest BCUT2D eigenvalue weighted by Crippen LogP contribution is -2.30. The summed E-state index contributed by atoms with van der Waals surface area (Å²) in [7, 11) is 0. The molecule has 0 radical (unpaired) electrons. The first-order valence-electron chi connectivity index (χ1n) is 6.82. The highest BCUT2D eigenvalue weighted by molar-refractivity contribution is 5.92. The van der Waals surface area contributed by atoms with Gasteiger partial charge in [0.1, 0.15) is 0 Å². The predicted molar refractivity (Wildman–Crippen MR) is 80.4 cm³/mol. The first-order chi connectivity index (χ1) is 9.70. The molecular weight excluding hydrogens is 252 g/mol. The summed E-state index contributed by atoms with van der Waals surface area (Å²) in [6.45, 7) is 5.50. The minimum atomic E-state index is -0.0535. The number of hydrogen-bond donors (Lipinski definition) is 3. The monoisotopic (exact) mass is 272 g/mol. The molecule has 5 heteroatoms. The largest absolute Gasteiger partial charge is 0.326 e. The number of amides is 1. The number of aromatic amines is 1. The second kappa shape index (κ2) is 6.86. The third-order valence-corrected chi connectivity index (χ3v) is 3.11. The van der Waals surface area contributed by atoms with Crippen LogP contribution in [0.4, 0.5) is 5.69 Å². The fourth-order valence-corrected chi connectivity index (χ4v) is 1.87. The van der Waals surface area contributed by atoms with Gasteiger partial charge in [-0.1, -0.05) is 26.0 Å². The van der Waals surface area contributed by atoms with Gasteiger partial charge < -0.3 is 10.6 Å². The van der Waals surface area contributed by atoms with Crippen LogP contribution in [-0.2, 0) is 4.79 Å². The topological polar surface area (TPSA) is 69.8 Å². The van der Waals surface area contributed by atoms with Crippen molar-refractivity contribution in [3.63, 3.8) is 0 Å². The van der Waals surface area contributed by atoms with E-state index in [9.17, 15) is 4.79 Å². The number of anilines is 1. The van der Waals surface area contributed by atoms with Gasteiger partial charge in [-0.15, -0.1) is 0 Å². The van der Waals surface area contributed by atoms with Gasteiger partial charge in [-0.05, 0) is 30.3 Å². The van der Waals surface area contributed by atoms with E-state index >= 15 is 0 Å². The Morgan fingerprint density at radius 1 is 1.30 bits per heavy atom. The van der Waals surface area contributed by atoms with E-state index in [1.807, 2.05) is 44.2 Å². The second-order valence-electron chi connectivity index (χ2n) is 4.75. The summed E-state index contributed by atoms with van der Waals surface area (Å²) in [6, 6.07) is 9.62. The van der Waals surface area contributed by atoms with Crippen molar-refractivity contribution in [1.82, 2.24) is 15.5 Å². The molecule has 0 aliphatic heterocycles. The molecule has 0 aliphatic rings. The number of aromatic nitrogens is 2. The second-order valence-corrected chi connectivity index (χ2v) is 4.75. The Kier molecular flexibility index (Phi) is 4.90. The van der Waals surface area contributed by atoms with Gasteiger partial charge in [0.05, 0.1) is 5.69 Å². The van der Waals surface area contributed by atoms with Gasteiger partial charge in [-0.2, -0.15) is 5.10 Å². The maximum Gasteiger partial charge on any atom is 0.228 e. The lowest BCUT2D eigenvalue weighted by Gasteiger charge is -2.12. The Labute approximate surface area is 118 Å². The lowest BCUT2D eigenvalue weighted by atomic mass is 10.1. The van der Waals surface area contributed by atoms with Crippen molar-refractivity contribution in [1.29, 1.82) is 0 Å². The van der Waals surface area contributed by atoms with Gasteiger partial charge >= 0.3 is 0 Å². The van der Waals surface area contributed by atoms with Gasteiger partial charge in [0, 0.05) is 24.3 Å². The number of nitrogens with zero attached hydrogens (tertiary/aromatic N) is 1. The predicted octanol–water partition coefficient (Wildman–Crippen LogP) is 2.26. The zero-order valence-corrected chi connectivity index (χ0v) is 11.8. The molecule has 0 spiro atoms. The van der Waals surface area contributed by atoms with E-state index in [0.717, 1.165) is 23.5 Å². The molecule has 5 nitrogen and oxygen atoms in total. The van der Waals surface area contributed by atoms with Crippen LogP contribution in [0.5, 0.6) is 0 Å². The van der Waals surface area contributed by atoms with Crippen molar-refractivity contribution in [2.45, 2.75) is 13.8 Å². The molecule has 1 aromatic heterocycles. The third-order valence-electron chi connectivity index (χ3n) is 3.11. The Balaban J connectivity index is 1.95. The van der Waals surface area contributed by atoms with E-state index in [1.54, 1.807) is 6.20 Å². The molecule has 0 saturated heterocycles. The van der Waals surface area contributed by atoms with E-state index < -0.39 is 0 Å². The van der Waals surface area contributed by atoms with Crippen molar-refractivity contribution in [2.75, 3.05) is 18.4 Å². The third kappa shape index (κ3) is 3.68. The van der Waals surface area contributed by atoms with Gasteiger partial charge in [0.2, 0.25) is 5.91 Å². The van der Waals surface area contributed by atoms with Crippen LogP contribution in [0.15, 0.2) is 36.5 Å². The van der Waals surface area contributed by atoms with Crippen LogP contribution in [0, 0.1) is 5.92 Å². The molecule has 2 aromatic rings. The fourth-order valence-electron chi connectivity index (χ4n) is 1.87. The van der Waals surface area contributed by atoms with Crippen LogP contribution < -0.4 is 10.6 Å². The van der Waals surface area contributed by atoms with E-state index in [2.05, 4.69) is 20.8 Å². The molecule has 106 valence electrons. The standard InChI is InChI=1S/C15H20N4O/c1-3-16-10-11(2)15(20)18-13-6-4-12(5-7-13)14-8-9-17-19-14/h4-9,11,16H,3,10H2,1-2H3,(H,17,19)(H,18,20). The number of rotatable bonds is 6. The SMILES string of the molecule is CCNCC(C)C(=O)Nc1ccc(-c2ccn[nH]2)cc1. The number of carbonyl (C=O) groups is 1. The lowest BCUT2D eigenvalue weighted by molar-refractivity contribution is -0.119. The minimum absolute atomic E-state index is 0.0280. The Morgan fingerprint density at radius 2 is 2.05 bits per heavy atom. The molecule has 1 heterocycles. The summed E-state index contributed by atoms with van der Waals surface area (Å²) in [4.78, 5) is 12.0. The smallest absolute Gasteiger partial charge is 0.228 e.